The predicted molar refractivity (Wildman–Crippen MR) is 89.0 cm³/mol. The maximum atomic E-state index is 5.40. The molecule has 1 fully saturated rings. The van der Waals surface area contributed by atoms with Crippen molar-refractivity contribution in [2.24, 2.45) is 5.92 Å². The van der Waals surface area contributed by atoms with Crippen molar-refractivity contribution in [3.63, 3.8) is 0 Å². The number of nitrogens with zero attached hydrogens (tertiary/aromatic N) is 1. The lowest BCUT2D eigenvalue weighted by molar-refractivity contribution is 0.284. The molecule has 0 spiro atoms. The van der Waals surface area contributed by atoms with Gasteiger partial charge in [0.1, 0.15) is 10.5 Å². The molecule has 1 aromatic heterocycles. The van der Waals surface area contributed by atoms with Gasteiger partial charge in [0, 0.05) is 5.69 Å². The molecule has 0 unspecified atom stereocenters. The van der Waals surface area contributed by atoms with Crippen LogP contribution in [0.25, 0.3) is 0 Å². The molecule has 110 valence electrons. The number of H-pyrrole nitrogens is 1. The zero-order valence-corrected chi connectivity index (χ0v) is 13.5. The van der Waals surface area contributed by atoms with Gasteiger partial charge in [0.15, 0.2) is 0 Å². The largest absolute Gasteiger partial charge is 0.346 e. The summed E-state index contributed by atoms with van der Waals surface area (Å²) in [4.78, 5) is 8.25. The van der Waals surface area contributed by atoms with Crippen LogP contribution in [0.5, 0.6) is 0 Å². The van der Waals surface area contributed by atoms with Crippen LogP contribution >= 0.6 is 12.2 Å². The first-order valence-electron chi connectivity index (χ1n) is 7.76. The van der Waals surface area contributed by atoms with Crippen molar-refractivity contribution < 1.29 is 0 Å². The fourth-order valence-corrected chi connectivity index (χ4v) is 3.47. The maximum absolute atomic E-state index is 5.40. The Morgan fingerprint density at radius 3 is 2.52 bits per heavy atom. The van der Waals surface area contributed by atoms with Gasteiger partial charge in [0.05, 0.1) is 5.41 Å². The Labute approximate surface area is 131 Å². The van der Waals surface area contributed by atoms with Crippen molar-refractivity contribution in [1.82, 2.24) is 9.97 Å². The zero-order chi connectivity index (χ0) is 14.9. The Hall–Kier alpha value is -1.48. The minimum Gasteiger partial charge on any atom is -0.346 e. The minimum absolute atomic E-state index is 0.0435. The molecule has 0 radical (unpaired) electrons. The molecule has 0 amide bonds. The van der Waals surface area contributed by atoms with E-state index in [1.165, 1.54) is 17.7 Å². The first kappa shape index (κ1) is 14.5. The predicted octanol–water partition coefficient (Wildman–Crippen LogP) is 4.81. The maximum Gasteiger partial charge on any atom is 0.130 e. The summed E-state index contributed by atoms with van der Waals surface area (Å²) in [5.41, 5.74) is 2.61. The summed E-state index contributed by atoms with van der Waals surface area (Å²) in [6.45, 7) is 4.46. The van der Waals surface area contributed by atoms with E-state index in [1.54, 1.807) is 0 Å². The van der Waals surface area contributed by atoms with Gasteiger partial charge in [-0.3, -0.25) is 0 Å². The van der Waals surface area contributed by atoms with Gasteiger partial charge in [-0.15, -0.1) is 0 Å². The molecule has 1 aliphatic rings. The molecule has 0 bridgehead atoms. The molecule has 0 saturated heterocycles. The Kier molecular flexibility index (Phi) is 3.94. The molecule has 2 nitrogen and oxygen atoms in total. The lowest BCUT2D eigenvalue weighted by atomic mass is 9.64. The van der Waals surface area contributed by atoms with Crippen LogP contribution in [0.15, 0.2) is 36.4 Å². The van der Waals surface area contributed by atoms with Crippen LogP contribution in [0, 0.1) is 10.6 Å². The van der Waals surface area contributed by atoms with Gasteiger partial charge in [0.25, 0.3) is 0 Å². The number of hydrogen-bond donors (Lipinski definition) is 1. The van der Waals surface area contributed by atoms with Crippen LogP contribution in [-0.4, -0.2) is 9.97 Å². The Morgan fingerprint density at radius 2 is 1.95 bits per heavy atom. The summed E-state index contributed by atoms with van der Waals surface area (Å²) in [7, 11) is 0. The third-order valence-electron chi connectivity index (χ3n) is 4.41. The second-order valence-corrected chi connectivity index (χ2v) is 6.91. The molecule has 1 saturated carbocycles. The van der Waals surface area contributed by atoms with Crippen molar-refractivity contribution >= 4 is 12.2 Å². The summed E-state index contributed by atoms with van der Waals surface area (Å²) in [6.07, 6.45) is 4.58. The summed E-state index contributed by atoms with van der Waals surface area (Å²) in [5, 5.41) is 0. The summed E-state index contributed by atoms with van der Waals surface area (Å²) < 4.78 is 0.710. The van der Waals surface area contributed by atoms with Gasteiger partial charge in [-0.1, -0.05) is 62.8 Å². The van der Waals surface area contributed by atoms with Crippen LogP contribution in [0.1, 0.15) is 50.2 Å². The number of aromatic amines is 1. The van der Waals surface area contributed by atoms with Gasteiger partial charge in [-0.25, -0.2) is 4.98 Å². The van der Waals surface area contributed by atoms with Crippen LogP contribution in [0.3, 0.4) is 0 Å². The van der Waals surface area contributed by atoms with Gasteiger partial charge in [0.2, 0.25) is 0 Å². The molecule has 3 heteroatoms. The van der Waals surface area contributed by atoms with Crippen LogP contribution in [-0.2, 0) is 11.8 Å². The monoisotopic (exact) mass is 298 g/mol. The minimum atomic E-state index is 0.0435. The van der Waals surface area contributed by atoms with E-state index in [1.807, 2.05) is 6.07 Å². The van der Waals surface area contributed by atoms with Crippen LogP contribution in [0.4, 0.5) is 0 Å². The van der Waals surface area contributed by atoms with E-state index in [2.05, 4.69) is 54.1 Å². The highest BCUT2D eigenvalue weighted by molar-refractivity contribution is 7.71. The summed E-state index contributed by atoms with van der Waals surface area (Å²) >= 11 is 5.40. The first-order chi connectivity index (χ1) is 10.1. The van der Waals surface area contributed by atoms with Crippen molar-refractivity contribution in [3.05, 3.63) is 58.1 Å². The van der Waals surface area contributed by atoms with E-state index < -0.39 is 0 Å². The molecular formula is C18H22N2S. The SMILES string of the molecule is CC(C)Cc1cc(=S)nc(C2(c3ccccc3)CCC2)[nH]1. The lowest BCUT2D eigenvalue weighted by Crippen LogP contribution is -2.37. The normalized spacial score (nSPS) is 16.7. The topological polar surface area (TPSA) is 28.7 Å². The second-order valence-electron chi connectivity index (χ2n) is 6.49. The van der Waals surface area contributed by atoms with E-state index in [-0.39, 0.29) is 5.41 Å². The Morgan fingerprint density at radius 1 is 1.24 bits per heavy atom. The molecule has 1 aliphatic carbocycles. The smallest absolute Gasteiger partial charge is 0.130 e. The second kappa shape index (κ2) is 5.72. The van der Waals surface area contributed by atoms with Crippen LogP contribution < -0.4 is 0 Å². The summed E-state index contributed by atoms with van der Waals surface area (Å²) in [5.74, 6) is 1.67. The number of hydrogen-bond acceptors (Lipinski definition) is 2. The van der Waals surface area contributed by atoms with Crippen molar-refractivity contribution in [1.29, 1.82) is 0 Å². The molecule has 0 atom stereocenters. The highest BCUT2D eigenvalue weighted by atomic mass is 32.1. The average molecular weight is 298 g/mol. The van der Waals surface area contributed by atoms with Crippen molar-refractivity contribution in [2.45, 2.75) is 44.9 Å². The number of aromatic nitrogens is 2. The zero-order valence-electron chi connectivity index (χ0n) is 12.7. The first-order valence-corrected chi connectivity index (χ1v) is 8.17. The van der Waals surface area contributed by atoms with E-state index in [4.69, 9.17) is 12.2 Å². The highest BCUT2D eigenvalue weighted by Crippen LogP contribution is 2.47. The highest BCUT2D eigenvalue weighted by Gasteiger charge is 2.42. The number of rotatable bonds is 4. The molecule has 1 N–H and O–H groups in total. The van der Waals surface area contributed by atoms with E-state index in [0.29, 0.717) is 10.6 Å². The van der Waals surface area contributed by atoms with Crippen molar-refractivity contribution in [2.75, 3.05) is 0 Å². The number of nitrogens with one attached hydrogen (secondary N) is 1. The quantitative estimate of drug-likeness (QED) is 0.821. The molecule has 1 heterocycles. The molecule has 2 aromatic rings. The third kappa shape index (κ3) is 2.80. The number of benzene rings is 1. The molecule has 0 aliphatic heterocycles. The van der Waals surface area contributed by atoms with Crippen LogP contribution in [0.2, 0.25) is 0 Å². The Balaban J connectivity index is 2.06. The fraction of sp³-hybridized carbons (Fsp3) is 0.444. The summed E-state index contributed by atoms with van der Waals surface area (Å²) in [6, 6.07) is 12.7. The van der Waals surface area contributed by atoms with Gasteiger partial charge in [-0.2, -0.15) is 0 Å². The fourth-order valence-electron chi connectivity index (χ4n) is 3.23. The molecule has 1 aromatic carbocycles. The van der Waals surface area contributed by atoms with Gasteiger partial charge < -0.3 is 4.98 Å². The van der Waals surface area contributed by atoms with Gasteiger partial charge >= 0.3 is 0 Å². The van der Waals surface area contributed by atoms with E-state index >= 15 is 0 Å². The van der Waals surface area contributed by atoms with Gasteiger partial charge in [-0.05, 0) is 36.8 Å². The third-order valence-corrected chi connectivity index (χ3v) is 4.62. The Bertz CT molecular complexity index is 669. The molecule has 3 rings (SSSR count). The van der Waals surface area contributed by atoms with Crippen molar-refractivity contribution in [3.8, 4) is 0 Å². The molecular weight excluding hydrogens is 276 g/mol. The van der Waals surface area contributed by atoms with E-state index in [0.717, 1.165) is 25.1 Å². The standard InChI is InChI=1S/C18H22N2S/c1-13(2)11-15-12-16(21)20-17(19-15)18(9-6-10-18)14-7-4-3-5-8-14/h3-5,7-8,12-13H,6,9-11H2,1-2H3,(H,19,20,21). The average Bonchev–Trinajstić information content (AvgIpc) is 2.37. The molecule has 21 heavy (non-hydrogen) atoms. The van der Waals surface area contributed by atoms with E-state index in [9.17, 15) is 0 Å². The lowest BCUT2D eigenvalue weighted by Gasteiger charge is -2.41.